The molecule has 0 saturated heterocycles. The van der Waals surface area contributed by atoms with E-state index in [2.05, 4.69) is 6.92 Å². The van der Waals surface area contributed by atoms with E-state index in [0.29, 0.717) is 119 Å². The number of ether oxygens (including phenoxy) is 10. The number of carbonyl (C=O) groups is 2. The molecule has 0 aromatic heterocycles. The fraction of sp³-hybridized carbons (Fsp3) is 0.857. The predicted molar refractivity (Wildman–Crippen MR) is 149 cm³/mol. The van der Waals surface area contributed by atoms with E-state index in [0.717, 1.165) is 24.3 Å². The maximum atomic E-state index is 11.4. The Morgan fingerprint density at radius 2 is 0.659 bits per heavy atom. The van der Waals surface area contributed by atoms with E-state index in [1.54, 1.807) is 0 Å². The topological polar surface area (TPSA) is 130 Å². The van der Waals surface area contributed by atoms with Gasteiger partial charge < -0.3 is 47.4 Å². The number of hydrogen-bond acceptors (Lipinski definition) is 12. The van der Waals surface area contributed by atoms with Crippen LogP contribution in [0.25, 0.3) is 0 Å². The molecule has 0 atom stereocenters. The van der Waals surface area contributed by atoms with Gasteiger partial charge in [0, 0.05) is 18.8 Å². The highest BCUT2D eigenvalue weighted by Gasteiger charge is 2.22. The molecule has 0 N–H and O–H groups in total. The molecule has 1 rings (SSSR count). The summed E-state index contributed by atoms with van der Waals surface area (Å²) in [5.41, 5.74) is 0. The number of amides is 2. The molecule has 0 bridgehead atoms. The third kappa shape index (κ3) is 24.8. The normalized spacial score (nSPS) is 13.2. The summed E-state index contributed by atoms with van der Waals surface area (Å²) in [7, 11) is 0. The van der Waals surface area contributed by atoms with Crippen molar-refractivity contribution in [3.05, 3.63) is 12.2 Å². The zero-order valence-electron chi connectivity index (χ0n) is 24.8. The van der Waals surface area contributed by atoms with Crippen LogP contribution in [0.2, 0.25) is 0 Å². The van der Waals surface area contributed by atoms with Gasteiger partial charge in [-0.3, -0.25) is 14.5 Å². The Balaban J connectivity index is 1.63. The van der Waals surface area contributed by atoms with Crippen molar-refractivity contribution in [3.8, 4) is 0 Å². The van der Waals surface area contributed by atoms with E-state index in [1.807, 2.05) is 0 Å². The molecule has 41 heavy (non-hydrogen) atoms. The first-order valence-electron chi connectivity index (χ1n) is 14.6. The van der Waals surface area contributed by atoms with Gasteiger partial charge >= 0.3 is 0 Å². The van der Waals surface area contributed by atoms with E-state index >= 15 is 0 Å². The summed E-state index contributed by atoms with van der Waals surface area (Å²) in [5, 5.41) is 0. The minimum absolute atomic E-state index is 0.243. The van der Waals surface area contributed by atoms with Gasteiger partial charge in [0.15, 0.2) is 0 Å². The van der Waals surface area contributed by atoms with Gasteiger partial charge in [0.1, 0.15) is 0 Å². The summed E-state index contributed by atoms with van der Waals surface area (Å²) in [4.78, 5) is 23.9. The van der Waals surface area contributed by atoms with Crippen LogP contribution in [0, 0.1) is 0 Å². The molecule has 1 aliphatic heterocycles. The minimum Gasteiger partial charge on any atom is -0.379 e. The highest BCUT2D eigenvalue weighted by Crippen LogP contribution is 2.02. The van der Waals surface area contributed by atoms with E-state index in [9.17, 15) is 9.59 Å². The van der Waals surface area contributed by atoms with Crippen LogP contribution in [0.1, 0.15) is 19.8 Å². The third-order valence-corrected chi connectivity index (χ3v) is 5.35. The van der Waals surface area contributed by atoms with Crippen LogP contribution in [-0.4, -0.2) is 155 Å². The fourth-order valence-corrected chi connectivity index (χ4v) is 3.14. The Bertz CT molecular complexity index is 619. The minimum atomic E-state index is -0.304. The van der Waals surface area contributed by atoms with E-state index < -0.39 is 0 Å². The van der Waals surface area contributed by atoms with Gasteiger partial charge in [-0.05, 0) is 6.42 Å². The van der Waals surface area contributed by atoms with Crippen LogP contribution in [0.15, 0.2) is 12.2 Å². The van der Waals surface area contributed by atoms with Crippen LogP contribution >= 0.6 is 0 Å². The second-order valence-corrected chi connectivity index (χ2v) is 8.64. The van der Waals surface area contributed by atoms with Crippen LogP contribution < -0.4 is 0 Å². The molecule has 0 saturated carbocycles. The molecule has 0 spiro atoms. The molecule has 0 unspecified atom stereocenters. The molecular formula is C28H51NO12. The van der Waals surface area contributed by atoms with Crippen molar-refractivity contribution in [1.29, 1.82) is 0 Å². The Morgan fingerprint density at radius 3 is 0.927 bits per heavy atom. The Morgan fingerprint density at radius 1 is 0.415 bits per heavy atom. The van der Waals surface area contributed by atoms with Gasteiger partial charge in [-0.25, -0.2) is 0 Å². The lowest BCUT2D eigenvalue weighted by Gasteiger charge is -2.13. The molecule has 0 fully saturated rings. The molecule has 2 amide bonds. The van der Waals surface area contributed by atoms with Gasteiger partial charge in [0.2, 0.25) is 0 Å². The Hall–Kier alpha value is -1.52. The lowest BCUT2D eigenvalue weighted by Crippen LogP contribution is -2.33. The van der Waals surface area contributed by atoms with E-state index in [1.165, 1.54) is 12.2 Å². The van der Waals surface area contributed by atoms with Gasteiger partial charge in [-0.1, -0.05) is 13.3 Å². The average Bonchev–Trinajstić information content (AvgIpc) is 3.30. The number of hydrogen-bond donors (Lipinski definition) is 0. The lowest BCUT2D eigenvalue weighted by molar-refractivity contribution is -0.137. The second-order valence-electron chi connectivity index (χ2n) is 8.64. The molecule has 0 radical (unpaired) electrons. The molecule has 0 aromatic carbocycles. The molecule has 0 aromatic rings. The number of unbranched alkanes of at least 4 members (excludes halogenated alkanes) is 1. The number of rotatable bonds is 33. The highest BCUT2D eigenvalue weighted by molar-refractivity contribution is 6.12. The molecule has 0 aliphatic carbocycles. The van der Waals surface area contributed by atoms with Crippen LogP contribution in [0.3, 0.4) is 0 Å². The SMILES string of the molecule is CCCCOCCOCCOCCOCCOCCOCCOCCOCCOCCOCCN1C(=O)C=CC1=O. The molecule has 240 valence electrons. The maximum Gasteiger partial charge on any atom is 0.253 e. The summed E-state index contributed by atoms with van der Waals surface area (Å²) >= 11 is 0. The monoisotopic (exact) mass is 593 g/mol. The molecule has 13 nitrogen and oxygen atoms in total. The summed E-state index contributed by atoms with van der Waals surface area (Å²) in [6.45, 7) is 12.5. The van der Waals surface area contributed by atoms with Gasteiger partial charge in [-0.2, -0.15) is 0 Å². The molecule has 1 heterocycles. The number of carbonyl (C=O) groups excluding carboxylic acids is 2. The summed E-state index contributed by atoms with van der Waals surface area (Å²) in [5.74, 6) is -0.608. The van der Waals surface area contributed by atoms with Crippen molar-refractivity contribution < 1.29 is 57.0 Å². The average molecular weight is 594 g/mol. The lowest BCUT2D eigenvalue weighted by atomic mass is 10.4. The summed E-state index contributed by atoms with van der Waals surface area (Å²) < 4.78 is 54.3. The number of nitrogens with zero attached hydrogens (tertiary/aromatic N) is 1. The Labute approximate surface area is 244 Å². The molecule has 1 aliphatic rings. The number of imide groups is 1. The van der Waals surface area contributed by atoms with Gasteiger partial charge in [-0.15, -0.1) is 0 Å². The first-order valence-corrected chi connectivity index (χ1v) is 14.6. The highest BCUT2D eigenvalue weighted by atomic mass is 16.6. The van der Waals surface area contributed by atoms with Crippen molar-refractivity contribution in [1.82, 2.24) is 4.90 Å². The fourth-order valence-electron chi connectivity index (χ4n) is 3.14. The van der Waals surface area contributed by atoms with Crippen molar-refractivity contribution in [2.45, 2.75) is 19.8 Å². The van der Waals surface area contributed by atoms with Crippen molar-refractivity contribution in [3.63, 3.8) is 0 Å². The van der Waals surface area contributed by atoms with Gasteiger partial charge in [0.05, 0.1) is 132 Å². The Kier molecular flexibility index (Phi) is 27.4. The maximum absolute atomic E-state index is 11.4. The standard InChI is InChI=1S/C28H51NO12/c1-2-3-7-32-9-11-34-13-15-36-17-19-38-21-23-40-25-26-41-24-22-39-20-18-37-16-14-35-12-10-33-8-6-29-27(30)4-5-28(29)31/h4-5H,2-3,6-26H2,1H3. The third-order valence-electron chi connectivity index (χ3n) is 5.35. The first-order chi connectivity index (χ1) is 20.3. The predicted octanol–water partition coefficient (Wildman–Crippen LogP) is 0.878. The van der Waals surface area contributed by atoms with Crippen molar-refractivity contribution in [2.24, 2.45) is 0 Å². The van der Waals surface area contributed by atoms with Crippen molar-refractivity contribution in [2.75, 3.05) is 139 Å². The van der Waals surface area contributed by atoms with Crippen LogP contribution in [-0.2, 0) is 57.0 Å². The van der Waals surface area contributed by atoms with Gasteiger partial charge in [0.25, 0.3) is 11.8 Å². The van der Waals surface area contributed by atoms with E-state index in [-0.39, 0.29) is 25.0 Å². The smallest absolute Gasteiger partial charge is 0.253 e. The molecular weight excluding hydrogens is 542 g/mol. The van der Waals surface area contributed by atoms with Crippen LogP contribution in [0.4, 0.5) is 0 Å². The summed E-state index contributed by atoms with van der Waals surface area (Å²) in [6.07, 6.45) is 4.74. The second kappa shape index (κ2) is 30.0. The zero-order valence-corrected chi connectivity index (χ0v) is 24.8. The quantitative estimate of drug-likeness (QED) is 0.0791. The van der Waals surface area contributed by atoms with Crippen LogP contribution in [0.5, 0.6) is 0 Å². The molecule has 13 heteroatoms. The zero-order chi connectivity index (χ0) is 29.5. The van der Waals surface area contributed by atoms with E-state index in [4.69, 9.17) is 47.4 Å². The largest absolute Gasteiger partial charge is 0.379 e. The summed E-state index contributed by atoms with van der Waals surface area (Å²) in [6, 6.07) is 0. The first kappa shape index (κ1) is 37.5. The van der Waals surface area contributed by atoms with Crippen molar-refractivity contribution >= 4 is 11.8 Å².